The zero-order valence-electron chi connectivity index (χ0n) is 11.8. The molecule has 0 radical (unpaired) electrons. The van der Waals surface area contributed by atoms with Crippen LogP contribution in [0.25, 0.3) is 0 Å². The first kappa shape index (κ1) is 14.8. The van der Waals surface area contributed by atoms with Gasteiger partial charge in [0.2, 0.25) is 0 Å². The molecule has 1 heterocycles. The fourth-order valence-electron chi connectivity index (χ4n) is 1.56. The van der Waals surface area contributed by atoms with E-state index in [1.54, 1.807) is 0 Å². The van der Waals surface area contributed by atoms with E-state index in [1.165, 1.54) is 0 Å². The minimum absolute atomic E-state index is 0.0425. The third-order valence-corrected chi connectivity index (χ3v) is 3.73. The van der Waals surface area contributed by atoms with E-state index >= 15 is 0 Å². The predicted molar refractivity (Wildman–Crippen MR) is 71.3 cm³/mol. The van der Waals surface area contributed by atoms with Gasteiger partial charge in [0.25, 0.3) is 0 Å². The van der Waals surface area contributed by atoms with E-state index in [2.05, 4.69) is 20.8 Å². The molecule has 100 valence electrons. The van der Waals surface area contributed by atoms with Crippen LogP contribution in [-0.4, -0.2) is 35.3 Å². The largest absolute Gasteiger partial charge is 0.464 e. The van der Waals surface area contributed by atoms with E-state index in [0.29, 0.717) is 19.8 Å². The zero-order chi connectivity index (χ0) is 13.3. The summed E-state index contributed by atoms with van der Waals surface area (Å²) >= 11 is 1.84. The second-order valence-corrected chi connectivity index (χ2v) is 9.01. The SMILES string of the molecule is CC(C)(C)SC1(COC(=O)C(C)(C)C)COC1. The number of hydrogen-bond acceptors (Lipinski definition) is 4. The molecule has 0 aromatic carbocycles. The van der Waals surface area contributed by atoms with Crippen molar-refractivity contribution in [2.24, 2.45) is 5.41 Å². The summed E-state index contributed by atoms with van der Waals surface area (Å²) in [6, 6.07) is 0. The lowest BCUT2D eigenvalue weighted by Gasteiger charge is -2.44. The molecule has 0 amide bonds. The van der Waals surface area contributed by atoms with Gasteiger partial charge in [-0.25, -0.2) is 0 Å². The topological polar surface area (TPSA) is 35.5 Å². The average Bonchev–Trinajstić information content (AvgIpc) is 2.05. The molecule has 0 aromatic rings. The van der Waals surface area contributed by atoms with Gasteiger partial charge in [0.05, 0.1) is 23.4 Å². The molecule has 1 rings (SSSR count). The Labute approximate surface area is 109 Å². The molecule has 0 N–H and O–H groups in total. The van der Waals surface area contributed by atoms with Gasteiger partial charge < -0.3 is 9.47 Å². The van der Waals surface area contributed by atoms with E-state index in [-0.39, 0.29) is 15.5 Å². The van der Waals surface area contributed by atoms with Crippen LogP contribution < -0.4 is 0 Å². The van der Waals surface area contributed by atoms with Crippen LogP contribution in [-0.2, 0) is 14.3 Å². The Balaban J connectivity index is 2.51. The lowest BCUT2D eigenvalue weighted by atomic mass is 9.97. The lowest BCUT2D eigenvalue weighted by molar-refractivity contribution is -0.157. The van der Waals surface area contributed by atoms with Gasteiger partial charge in [0.1, 0.15) is 6.61 Å². The van der Waals surface area contributed by atoms with E-state index in [0.717, 1.165) is 0 Å². The summed E-state index contributed by atoms with van der Waals surface area (Å²) in [5, 5.41) is 0. The van der Waals surface area contributed by atoms with Crippen molar-refractivity contribution in [2.45, 2.75) is 51.0 Å². The third-order valence-electron chi connectivity index (χ3n) is 2.33. The van der Waals surface area contributed by atoms with Crippen molar-refractivity contribution in [3.8, 4) is 0 Å². The molecule has 1 saturated heterocycles. The molecule has 1 aliphatic rings. The summed E-state index contributed by atoms with van der Waals surface area (Å²) in [6.07, 6.45) is 0. The minimum Gasteiger partial charge on any atom is -0.464 e. The highest BCUT2D eigenvalue weighted by molar-refractivity contribution is 8.02. The van der Waals surface area contributed by atoms with Crippen LogP contribution in [0.15, 0.2) is 0 Å². The highest BCUT2D eigenvalue weighted by atomic mass is 32.2. The number of carbonyl (C=O) groups is 1. The maximum atomic E-state index is 11.7. The first-order valence-corrected chi connectivity index (χ1v) is 6.81. The van der Waals surface area contributed by atoms with Gasteiger partial charge in [-0.2, -0.15) is 0 Å². The maximum Gasteiger partial charge on any atom is 0.311 e. The van der Waals surface area contributed by atoms with Gasteiger partial charge in [0.15, 0.2) is 0 Å². The lowest BCUT2D eigenvalue weighted by Crippen LogP contribution is -2.53. The zero-order valence-corrected chi connectivity index (χ0v) is 12.6. The Kier molecular flexibility index (Phi) is 4.20. The van der Waals surface area contributed by atoms with Crippen molar-refractivity contribution in [3.05, 3.63) is 0 Å². The number of ether oxygens (including phenoxy) is 2. The van der Waals surface area contributed by atoms with Gasteiger partial charge in [-0.05, 0) is 20.8 Å². The molecular formula is C13H24O3S. The van der Waals surface area contributed by atoms with Crippen LogP contribution in [0.1, 0.15) is 41.5 Å². The van der Waals surface area contributed by atoms with Crippen molar-refractivity contribution in [1.82, 2.24) is 0 Å². The molecule has 0 unspecified atom stereocenters. The van der Waals surface area contributed by atoms with Gasteiger partial charge in [-0.15, -0.1) is 11.8 Å². The van der Waals surface area contributed by atoms with Gasteiger partial charge in [0, 0.05) is 4.75 Å². The molecule has 0 atom stereocenters. The van der Waals surface area contributed by atoms with E-state index < -0.39 is 5.41 Å². The standard InChI is InChI=1S/C13H24O3S/c1-11(2,3)10(14)16-9-13(7-15-8-13)17-12(4,5)6/h7-9H2,1-6H3. The molecule has 0 saturated carbocycles. The summed E-state index contributed by atoms with van der Waals surface area (Å²) in [7, 11) is 0. The highest BCUT2D eigenvalue weighted by Crippen LogP contribution is 2.41. The Morgan fingerprint density at radius 1 is 1.24 bits per heavy atom. The molecule has 4 heteroatoms. The van der Waals surface area contributed by atoms with Crippen molar-refractivity contribution in [3.63, 3.8) is 0 Å². The monoisotopic (exact) mass is 260 g/mol. The molecule has 17 heavy (non-hydrogen) atoms. The van der Waals surface area contributed by atoms with Crippen LogP contribution in [0.2, 0.25) is 0 Å². The quantitative estimate of drug-likeness (QED) is 0.731. The summed E-state index contributed by atoms with van der Waals surface area (Å²) in [6.45, 7) is 13.9. The molecule has 0 spiro atoms. The van der Waals surface area contributed by atoms with E-state index in [1.807, 2.05) is 32.5 Å². The van der Waals surface area contributed by atoms with E-state index in [9.17, 15) is 4.79 Å². The second kappa shape index (κ2) is 4.81. The smallest absolute Gasteiger partial charge is 0.311 e. The van der Waals surface area contributed by atoms with Crippen LogP contribution >= 0.6 is 11.8 Å². The fraction of sp³-hybridized carbons (Fsp3) is 0.923. The first-order chi connectivity index (χ1) is 7.54. The van der Waals surface area contributed by atoms with Crippen molar-refractivity contribution >= 4 is 17.7 Å². The van der Waals surface area contributed by atoms with Gasteiger partial charge in [-0.1, -0.05) is 20.8 Å². The number of carbonyl (C=O) groups excluding carboxylic acids is 1. The van der Waals surface area contributed by atoms with E-state index in [4.69, 9.17) is 9.47 Å². The molecule has 0 aromatic heterocycles. The predicted octanol–water partition coefficient (Wildman–Crippen LogP) is 2.88. The average molecular weight is 260 g/mol. The first-order valence-electron chi connectivity index (χ1n) is 5.99. The molecular weight excluding hydrogens is 236 g/mol. The number of esters is 1. The van der Waals surface area contributed by atoms with Crippen LogP contribution in [0.4, 0.5) is 0 Å². The Morgan fingerprint density at radius 2 is 1.76 bits per heavy atom. The van der Waals surface area contributed by atoms with Crippen molar-refractivity contribution in [1.29, 1.82) is 0 Å². The summed E-state index contributed by atoms with van der Waals surface area (Å²) < 4.78 is 10.8. The normalized spacial score (nSPS) is 19.6. The van der Waals surface area contributed by atoms with Crippen molar-refractivity contribution < 1.29 is 14.3 Å². The fourth-order valence-corrected chi connectivity index (χ4v) is 3.27. The number of rotatable bonds is 3. The molecule has 0 bridgehead atoms. The summed E-state index contributed by atoms with van der Waals surface area (Å²) in [4.78, 5) is 11.7. The Hall–Kier alpha value is -0.220. The second-order valence-electron chi connectivity index (χ2n) is 6.72. The van der Waals surface area contributed by atoms with Gasteiger partial charge in [-0.3, -0.25) is 4.79 Å². The Bertz CT molecular complexity index is 282. The molecule has 3 nitrogen and oxygen atoms in total. The molecule has 0 aliphatic carbocycles. The maximum absolute atomic E-state index is 11.7. The third kappa shape index (κ3) is 4.51. The van der Waals surface area contributed by atoms with Crippen LogP contribution in [0.3, 0.4) is 0 Å². The number of hydrogen-bond donors (Lipinski definition) is 0. The van der Waals surface area contributed by atoms with Crippen molar-refractivity contribution in [2.75, 3.05) is 19.8 Å². The van der Waals surface area contributed by atoms with Crippen LogP contribution in [0, 0.1) is 5.41 Å². The summed E-state index contributed by atoms with van der Waals surface area (Å²) in [5.74, 6) is -0.140. The molecule has 1 fully saturated rings. The van der Waals surface area contributed by atoms with Crippen LogP contribution in [0.5, 0.6) is 0 Å². The minimum atomic E-state index is -0.432. The Morgan fingerprint density at radius 3 is 2.06 bits per heavy atom. The number of thioether (sulfide) groups is 1. The highest BCUT2D eigenvalue weighted by Gasteiger charge is 2.44. The summed E-state index contributed by atoms with van der Waals surface area (Å²) in [5.41, 5.74) is -0.432. The molecule has 1 aliphatic heterocycles. The van der Waals surface area contributed by atoms with Gasteiger partial charge >= 0.3 is 5.97 Å².